The second kappa shape index (κ2) is 10.7. The lowest BCUT2D eigenvalue weighted by molar-refractivity contribution is 0.159. The Hall–Kier alpha value is -0.0600. The second-order valence-electron chi connectivity index (χ2n) is 5.98. The number of hydrogen-bond donors (Lipinski definition) is 1. The van der Waals surface area contributed by atoms with Gasteiger partial charge >= 0.3 is 0 Å². The van der Waals surface area contributed by atoms with E-state index >= 15 is 0 Å². The normalized spacial score (nSPS) is 16.8. The van der Waals surface area contributed by atoms with E-state index in [1.165, 1.54) is 6.07 Å². The lowest BCUT2D eigenvalue weighted by atomic mass is 9.95. The van der Waals surface area contributed by atoms with Gasteiger partial charge in [0.05, 0.1) is 0 Å². The SMILES string of the molecule is CC(C)CC[C@H](c1cc(F)cc(Cl)c1)N1CCNCC1.Cl.Cl. The van der Waals surface area contributed by atoms with Crippen molar-refractivity contribution in [3.8, 4) is 0 Å². The van der Waals surface area contributed by atoms with E-state index in [1.807, 2.05) is 6.07 Å². The van der Waals surface area contributed by atoms with Crippen LogP contribution in [0.5, 0.6) is 0 Å². The van der Waals surface area contributed by atoms with Gasteiger partial charge < -0.3 is 5.32 Å². The van der Waals surface area contributed by atoms with Crippen molar-refractivity contribution < 1.29 is 4.39 Å². The first-order valence-electron chi connectivity index (χ1n) is 7.47. The Labute approximate surface area is 150 Å². The molecule has 1 N–H and O–H groups in total. The third-order valence-electron chi connectivity index (χ3n) is 3.88. The Morgan fingerprint density at radius 3 is 2.32 bits per heavy atom. The van der Waals surface area contributed by atoms with Crippen LogP contribution >= 0.6 is 36.4 Å². The van der Waals surface area contributed by atoms with Gasteiger partial charge in [0.15, 0.2) is 0 Å². The minimum absolute atomic E-state index is 0. The molecule has 1 aliphatic rings. The summed E-state index contributed by atoms with van der Waals surface area (Å²) in [7, 11) is 0. The number of nitrogens with zero attached hydrogens (tertiary/aromatic N) is 1. The minimum atomic E-state index is -0.239. The fourth-order valence-corrected chi connectivity index (χ4v) is 3.04. The molecule has 6 heteroatoms. The van der Waals surface area contributed by atoms with Crippen molar-refractivity contribution in [2.24, 2.45) is 5.92 Å². The Morgan fingerprint density at radius 2 is 1.77 bits per heavy atom. The van der Waals surface area contributed by atoms with E-state index in [9.17, 15) is 4.39 Å². The first kappa shape index (κ1) is 21.9. The van der Waals surface area contributed by atoms with Crippen LogP contribution in [0, 0.1) is 11.7 Å². The van der Waals surface area contributed by atoms with Crippen molar-refractivity contribution in [1.29, 1.82) is 0 Å². The molecule has 1 fully saturated rings. The van der Waals surface area contributed by atoms with Gasteiger partial charge in [-0.2, -0.15) is 0 Å². The molecule has 0 spiro atoms. The summed E-state index contributed by atoms with van der Waals surface area (Å²) in [5, 5.41) is 3.86. The standard InChI is InChI=1S/C16H24ClFN2.2ClH/c1-12(2)3-4-16(20-7-5-19-6-8-20)13-9-14(17)11-15(18)10-13;;/h9-12,16,19H,3-8H2,1-2H3;2*1H/t16-;;/m1../s1. The van der Waals surface area contributed by atoms with Gasteiger partial charge in [-0.05, 0) is 42.5 Å². The predicted molar refractivity (Wildman–Crippen MR) is 97.2 cm³/mol. The van der Waals surface area contributed by atoms with Crippen LogP contribution in [-0.2, 0) is 0 Å². The Morgan fingerprint density at radius 1 is 1.14 bits per heavy atom. The number of benzene rings is 1. The zero-order chi connectivity index (χ0) is 14.5. The van der Waals surface area contributed by atoms with Gasteiger partial charge in [-0.15, -0.1) is 24.8 Å². The van der Waals surface area contributed by atoms with E-state index in [1.54, 1.807) is 6.07 Å². The van der Waals surface area contributed by atoms with E-state index in [2.05, 4.69) is 24.1 Å². The molecule has 2 rings (SSSR count). The average molecular weight is 372 g/mol. The summed E-state index contributed by atoms with van der Waals surface area (Å²) < 4.78 is 13.6. The van der Waals surface area contributed by atoms with Gasteiger partial charge in [-0.3, -0.25) is 4.90 Å². The minimum Gasteiger partial charge on any atom is -0.314 e. The first-order valence-corrected chi connectivity index (χ1v) is 7.85. The van der Waals surface area contributed by atoms with Crippen LogP contribution in [0.4, 0.5) is 4.39 Å². The van der Waals surface area contributed by atoms with Crippen LogP contribution in [0.15, 0.2) is 18.2 Å². The van der Waals surface area contributed by atoms with Crippen molar-refractivity contribution in [2.75, 3.05) is 26.2 Å². The molecule has 0 aromatic heterocycles. The first-order chi connectivity index (χ1) is 9.56. The molecule has 2 nitrogen and oxygen atoms in total. The van der Waals surface area contributed by atoms with Crippen LogP contribution in [-0.4, -0.2) is 31.1 Å². The topological polar surface area (TPSA) is 15.3 Å². The largest absolute Gasteiger partial charge is 0.314 e. The summed E-state index contributed by atoms with van der Waals surface area (Å²) in [6.45, 7) is 8.48. The highest BCUT2D eigenvalue weighted by Crippen LogP contribution is 2.30. The van der Waals surface area contributed by atoms with E-state index in [0.29, 0.717) is 10.9 Å². The molecule has 0 radical (unpaired) electrons. The summed E-state index contributed by atoms with van der Waals surface area (Å²) in [5.41, 5.74) is 1.01. The van der Waals surface area contributed by atoms with Crippen LogP contribution < -0.4 is 5.32 Å². The van der Waals surface area contributed by atoms with E-state index in [0.717, 1.165) is 44.6 Å². The highest BCUT2D eigenvalue weighted by molar-refractivity contribution is 6.30. The zero-order valence-electron chi connectivity index (χ0n) is 13.1. The Balaban J connectivity index is 0.00000220. The fraction of sp³-hybridized carbons (Fsp3) is 0.625. The Bertz CT molecular complexity index is 417. The van der Waals surface area contributed by atoms with Gasteiger partial charge in [0.2, 0.25) is 0 Å². The number of rotatable bonds is 5. The van der Waals surface area contributed by atoms with E-state index in [-0.39, 0.29) is 36.7 Å². The summed E-state index contributed by atoms with van der Waals surface area (Å²) in [4.78, 5) is 2.45. The molecule has 128 valence electrons. The lowest BCUT2D eigenvalue weighted by Crippen LogP contribution is -2.45. The van der Waals surface area contributed by atoms with Crippen LogP contribution in [0.1, 0.15) is 38.3 Å². The van der Waals surface area contributed by atoms with Crippen LogP contribution in [0.2, 0.25) is 5.02 Å². The molecular weight excluding hydrogens is 346 g/mol. The zero-order valence-corrected chi connectivity index (χ0v) is 15.5. The van der Waals surface area contributed by atoms with E-state index < -0.39 is 0 Å². The van der Waals surface area contributed by atoms with E-state index in [4.69, 9.17) is 11.6 Å². The quantitative estimate of drug-likeness (QED) is 0.806. The number of nitrogens with one attached hydrogen (secondary N) is 1. The molecule has 1 heterocycles. The third kappa shape index (κ3) is 6.59. The molecule has 0 saturated carbocycles. The summed E-state index contributed by atoms with van der Waals surface area (Å²) >= 11 is 6.02. The van der Waals surface area contributed by atoms with Crippen LogP contribution in [0.25, 0.3) is 0 Å². The molecule has 1 saturated heterocycles. The van der Waals surface area contributed by atoms with Gasteiger partial charge in [-0.1, -0.05) is 25.4 Å². The van der Waals surface area contributed by atoms with Gasteiger partial charge in [0, 0.05) is 37.2 Å². The number of piperazine rings is 1. The second-order valence-corrected chi connectivity index (χ2v) is 6.41. The lowest BCUT2D eigenvalue weighted by Gasteiger charge is -2.35. The smallest absolute Gasteiger partial charge is 0.125 e. The summed E-state index contributed by atoms with van der Waals surface area (Å²) in [6.07, 6.45) is 2.19. The van der Waals surface area contributed by atoms with Gasteiger partial charge in [0.1, 0.15) is 5.82 Å². The van der Waals surface area contributed by atoms with Crippen molar-refractivity contribution in [3.05, 3.63) is 34.6 Å². The monoisotopic (exact) mass is 370 g/mol. The molecular formula is C16H26Cl3FN2. The number of halogens is 4. The fourth-order valence-electron chi connectivity index (χ4n) is 2.81. The molecule has 0 aliphatic carbocycles. The predicted octanol–water partition coefficient (Wildman–Crippen LogP) is 4.71. The van der Waals surface area contributed by atoms with Crippen molar-refractivity contribution in [3.63, 3.8) is 0 Å². The highest BCUT2D eigenvalue weighted by Gasteiger charge is 2.23. The van der Waals surface area contributed by atoms with Crippen molar-refractivity contribution in [2.45, 2.75) is 32.7 Å². The molecule has 1 aromatic rings. The third-order valence-corrected chi connectivity index (χ3v) is 4.10. The van der Waals surface area contributed by atoms with Gasteiger partial charge in [0.25, 0.3) is 0 Å². The maximum Gasteiger partial charge on any atom is 0.125 e. The average Bonchev–Trinajstić information content (AvgIpc) is 2.38. The molecule has 1 aliphatic heterocycles. The van der Waals surface area contributed by atoms with Crippen molar-refractivity contribution in [1.82, 2.24) is 10.2 Å². The molecule has 1 aromatic carbocycles. The molecule has 0 unspecified atom stereocenters. The molecule has 0 bridgehead atoms. The summed E-state index contributed by atoms with van der Waals surface area (Å²) in [5.74, 6) is 0.418. The highest BCUT2D eigenvalue weighted by atomic mass is 35.5. The number of hydrogen-bond acceptors (Lipinski definition) is 2. The van der Waals surface area contributed by atoms with Gasteiger partial charge in [-0.25, -0.2) is 4.39 Å². The molecule has 22 heavy (non-hydrogen) atoms. The van der Waals surface area contributed by atoms with Crippen molar-refractivity contribution >= 4 is 36.4 Å². The molecule has 1 atom stereocenters. The maximum absolute atomic E-state index is 13.6. The van der Waals surface area contributed by atoms with Crippen LogP contribution in [0.3, 0.4) is 0 Å². The summed E-state index contributed by atoms with van der Waals surface area (Å²) in [6, 6.07) is 5.20. The molecule has 0 amide bonds. The maximum atomic E-state index is 13.6. The Kier molecular flexibility index (Phi) is 10.6.